The van der Waals surface area contributed by atoms with Gasteiger partial charge in [-0.3, -0.25) is 4.79 Å². The fourth-order valence-corrected chi connectivity index (χ4v) is 3.28. The molecule has 118 valence electrons. The van der Waals surface area contributed by atoms with Gasteiger partial charge in [-0.05, 0) is 30.3 Å². The molecule has 0 aliphatic rings. The van der Waals surface area contributed by atoms with Crippen LogP contribution in [0.25, 0.3) is 21.5 Å². The summed E-state index contributed by atoms with van der Waals surface area (Å²) in [5, 5.41) is 0.730. The third-order valence-corrected chi connectivity index (χ3v) is 4.63. The number of nitrogens with zero attached hydrogens (tertiary/aromatic N) is 1. The van der Waals surface area contributed by atoms with Crippen molar-refractivity contribution in [3.05, 3.63) is 35.2 Å². The van der Waals surface area contributed by atoms with Crippen LogP contribution >= 0.6 is 11.3 Å². The van der Waals surface area contributed by atoms with E-state index in [1.165, 1.54) is 11.3 Å². The number of pyridine rings is 1. The molecule has 2 heterocycles. The molecule has 0 saturated heterocycles. The maximum atomic E-state index is 11.4. The van der Waals surface area contributed by atoms with E-state index >= 15 is 0 Å². The van der Waals surface area contributed by atoms with Gasteiger partial charge in [0.15, 0.2) is 11.5 Å². The Morgan fingerprint density at radius 2 is 1.87 bits per heavy atom. The SMILES string of the molecule is COc1ccc(-c2ccc3c(N)c(C(N)=O)sc3n2)cc1OC. The number of amides is 1. The molecule has 0 aliphatic heterocycles. The van der Waals surface area contributed by atoms with Gasteiger partial charge in [-0.1, -0.05) is 0 Å². The van der Waals surface area contributed by atoms with Crippen molar-refractivity contribution >= 4 is 33.1 Å². The second kappa shape index (κ2) is 5.77. The number of hydrogen-bond donors (Lipinski definition) is 2. The van der Waals surface area contributed by atoms with Gasteiger partial charge in [0, 0.05) is 10.9 Å². The molecule has 1 amide bonds. The van der Waals surface area contributed by atoms with Crippen molar-refractivity contribution in [2.75, 3.05) is 20.0 Å². The second-order valence-electron chi connectivity index (χ2n) is 4.83. The van der Waals surface area contributed by atoms with Crippen LogP contribution in [0.3, 0.4) is 0 Å². The molecule has 0 saturated carbocycles. The van der Waals surface area contributed by atoms with Crippen LogP contribution in [-0.2, 0) is 0 Å². The minimum atomic E-state index is -0.543. The highest BCUT2D eigenvalue weighted by Gasteiger charge is 2.16. The number of methoxy groups -OCH3 is 2. The molecule has 0 radical (unpaired) electrons. The van der Waals surface area contributed by atoms with Crippen LogP contribution in [0.4, 0.5) is 5.69 Å². The molecule has 1 aromatic carbocycles. The third-order valence-electron chi connectivity index (χ3n) is 3.50. The second-order valence-corrected chi connectivity index (χ2v) is 5.83. The van der Waals surface area contributed by atoms with Gasteiger partial charge in [0.1, 0.15) is 9.71 Å². The number of fused-ring (bicyclic) bond motifs is 1. The molecule has 0 spiro atoms. The van der Waals surface area contributed by atoms with E-state index in [9.17, 15) is 4.79 Å². The highest BCUT2D eigenvalue weighted by atomic mass is 32.1. The van der Waals surface area contributed by atoms with Crippen LogP contribution in [0.5, 0.6) is 11.5 Å². The molecule has 0 bridgehead atoms. The summed E-state index contributed by atoms with van der Waals surface area (Å²) < 4.78 is 10.5. The molecule has 7 heteroatoms. The number of primary amides is 1. The van der Waals surface area contributed by atoms with E-state index in [1.54, 1.807) is 14.2 Å². The molecule has 0 atom stereocenters. The smallest absolute Gasteiger partial charge is 0.260 e. The quantitative estimate of drug-likeness (QED) is 0.766. The highest BCUT2D eigenvalue weighted by Crippen LogP contribution is 2.36. The fraction of sp³-hybridized carbons (Fsp3) is 0.125. The molecule has 0 unspecified atom stereocenters. The van der Waals surface area contributed by atoms with Crippen LogP contribution in [0.1, 0.15) is 9.67 Å². The average Bonchev–Trinajstić information content (AvgIpc) is 2.90. The van der Waals surface area contributed by atoms with E-state index in [2.05, 4.69) is 4.98 Å². The van der Waals surface area contributed by atoms with E-state index in [-0.39, 0.29) is 0 Å². The van der Waals surface area contributed by atoms with E-state index in [0.29, 0.717) is 26.9 Å². The van der Waals surface area contributed by atoms with E-state index in [1.807, 2.05) is 30.3 Å². The number of nitrogen functional groups attached to an aromatic ring is 1. The Morgan fingerprint density at radius 3 is 2.52 bits per heavy atom. The predicted octanol–water partition coefficient (Wildman–Crippen LogP) is 2.66. The van der Waals surface area contributed by atoms with Crippen molar-refractivity contribution in [2.45, 2.75) is 0 Å². The Morgan fingerprint density at radius 1 is 1.13 bits per heavy atom. The number of benzene rings is 1. The van der Waals surface area contributed by atoms with Gasteiger partial charge in [-0.2, -0.15) is 0 Å². The lowest BCUT2D eigenvalue weighted by atomic mass is 10.1. The van der Waals surface area contributed by atoms with Gasteiger partial charge in [0.2, 0.25) is 0 Å². The Kier molecular flexibility index (Phi) is 3.79. The molecule has 23 heavy (non-hydrogen) atoms. The fourth-order valence-electron chi connectivity index (χ4n) is 2.34. The van der Waals surface area contributed by atoms with Crippen LogP contribution in [0, 0.1) is 0 Å². The van der Waals surface area contributed by atoms with Crippen molar-refractivity contribution in [2.24, 2.45) is 5.73 Å². The van der Waals surface area contributed by atoms with E-state index < -0.39 is 5.91 Å². The zero-order chi connectivity index (χ0) is 16.6. The Bertz CT molecular complexity index is 905. The van der Waals surface area contributed by atoms with Gasteiger partial charge < -0.3 is 20.9 Å². The number of thiophene rings is 1. The number of anilines is 1. The summed E-state index contributed by atoms with van der Waals surface area (Å²) in [7, 11) is 3.17. The van der Waals surface area contributed by atoms with Crippen LogP contribution in [-0.4, -0.2) is 25.1 Å². The zero-order valence-electron chi connectivity index (χ0n) is 12.6. The normalized spacial score (nSPS) is 10.7. The minimum Gasteiger partial charge on any atom is -0.493 e. The van der Waals surface area contributed by atoms with Crippen molar-refractivity contribution < 1.29 is 14.3 Å². The number of rotatable bonds is 4. The van der Waals surface area contributed by atoms with Crippen LogP contribution < -0.4 is 20.9 Å². The molecule has 0 fully saturated rings. The van der Waals surface area contributed by atoms with E-state index in [0.717, 1.165) is 16.6 Å². The maximum Gasteiger partial charge on any atom is 0.260 e. The Labute approximate surface area is 136 Å². The number of carbonyl (C=O) groups is 1. The monoisotopic (exact) mass is 329 g/mol. The molecular weight excluding hydrogens is 314 g/mol. The van der Waals surface area contributed by atoms with Crippen molar-refractivity contribution in [3.8, 4) is 22.8 Å². The summed E-state index contributed by atoms with van der Waals surface area (Å²) in [5.74, 6) is 0.724. The number of ether oxygens (including phenoxy) is 2. The van der Waals surface area contributed by atoms with Crippen LogP contribution in [0.2, 0.25) is 0 Å². The topological polar surface area (TPSA) is 100 Å². The minimum absolute atomic E-state index is 0.331. The summed E-state index contributed by atoms with van der Waals surface area (Å²) in [5.41, 5.74) is 13.3. The first-order valence-corrected chi connectivity index (χ1v) is 7.58. The summed E-state index contributed by atoms with van der Waals surface area (Å²) in [6.45, 7) is 0. The van der Waals surface area contributed by atoms with Gasteiger partial charge in [0.25, 0.3) is 5.91 Å². The largest absolute Gasteiger partial charge is 0.493 e. The van der Waals surface area contributed by atoms with Crippen molar-refractivity contribution in [1.29, 1.82) is 0 Å². The van der Waals surface area contributed by atoms with Gasteiger partial charge in [-0.25, -0.2) is 4.98 Å². The summed E-state index contributed by atoms with van der Waals surface area (Å²) in [6.07, 6.45) is 0. The first kappa shape index (κ1) is 15.1. The van der Waals surface area contributed by atoms with E-state index in [4.69, 9.17) is 20.9 Å². The Balaban J connectivity index is 2.12. The van der Waals surface area contributed by atoms with Crippen molar-refractivity contribution in [3.63, 3.8) is 0 Å². The number of hydrogen-bond acceptors (Lipinski definition) is 6. The number of carbonyl (C=O) groups excluding carboxylic acids is 1. The molecule has 2 aromatic heterocycles. The standard InChI is InChI=1S/C16H15N3O3S/c1-21-11-6-3-8(7-12(11)22-2)10-5-4-9-13(17)14(15(18)20)23-16(9)19-10/h3-7H,17H2,1-2H3,(H2,18,20). The maximum absolute atomic E-state index is 11.4. The number of aromatic nitrogens is 1. The summed E-state index contributed by atoms with van der Waals surface area (Å²) in [6, 6.07) is 9.24. The first-order valence-electron chi connectivity index (χ1n) is 6.76. The predicted molar refractivity (Wildman–Crippen MR) is 91.1 cm³/mol. The lowest BCUT2D eigenvalue weighted by molar-refractivity contribution is 0.100. The average molecular weight is 329 g/mol. The van der Waals surface area contributed by atoms with Crippen LogP contribution in [0.15, 0.2) is 30.3 Å². The number of nitrogens with two attached hydrogens (primary N) is 2. The third kappa shape index (κ3) is 2.55. The summed E-state index contributed by atoms with van der Waals surface area (Å²) in [4.78, 5) is 17.0. The van der Waals surface area contributed by atoms with Crippen molar-refractivity contribution in [1.82, 2.24) is 4.98 Å². The van der Waals surface area contributed by atoms with Gasteiger partial charge in [0.05, 0.1) is 25.6 Å². The molecule has 4 N–H and O–H groups in total. The van der Waals surface area contributed by atoms with Gasteiger partial charge in [-0.15, -0.1) is 11.3 Å². The molecular formula is C16H15N3O3S. The Hall–Kier alpha value is -2.80. The lowest BCUT2D eigenvalue weighted by Gasteiger charge is -2.09. The first-order chi connectivity index (χ1) is 11.0. The van der Waals surface area contributed by atoms with Gasteiger partial charge >= 0.3 is 0 Å². The molecule has 3 rings (SSSR count). The summed E-state index contributed by atoms with van der Waals surface area (Å²) >= 11 is 1.19. The lowest BCUT2D eigenvalue weighted by Crippen LogP contribution is -2.10. The molecule has 0 aliphatic carbocycles. The molecule has 3 aromatic rings. The zero-order valence-corrected chi connectivity index (χ0v) is 13.4. The molecule has 6 nitrogen and oxygen atoms in total. The highest BCUT2D eigenvalue weighted by molar-refractivity contribution is 7.21.